The molecule has 0 fully saturated rings. The van der Waals surface area contributed by atoms with E-state index in [-0.39, 0.29) is 11.8 Å². The van der Waals surface area contributed by atoms with Crippen LogP contribution in [0.3, 0.4) is 0 Å². The van der Waals surface area contributed by atoms with Gasteiger partial charge < -0.3 is 5.32 Å². The second-order valence-corrected chi connectivity index (χ2v) is 6.49. The van der Waals surface area contributed by atoms with Crippen LogP contribution in [-0.4, -0.2) is 17.5 Å². The van der Waals surface area contributed by atoms with Gasteiger partial charge in [0.15, 0.2) is 0 Å². The van der Waals surface area contributed by atoms with E-state index in [2.05, 4.69) is 34.0 Å². The van der Waals surface area contributed by atoms with Crippen LogP contribution in [0.5, 0.6) is 0 Å². The quantitative estimate of drug-likeness (QED) is 0.751. The molecule has 5 nitrogen and oxygen atoms in total. The molecule has 0 unspecified atom stereocenters. The Hall–Kier alpha value is -3.47. The number of nitrogens with one attached hydrogen (secondary N) is 2. The molecular weight excluding hydrogens is 338 g/mol. The van der Waals surface area contributed by atoms with Crippen LogP contribution in [0.1, 0.15) is 34.3 Å². The van der Waals surface area contributed by atoms with E-state index in [1.54, 1.807) is 12.1 Å². The number of hydrogen-bond acceptors (Lipinski definition) is 3. The molecule has 2 N–H and O–H groups in total. The molecule has 5 heteroatoms. The highest BCUT2D eigenvalue weighted by atomic mass is 16.2. The number of benzene rings is 3. The highest BCUT2D eigenvalue weighted by Gasteiger charge is 2.14. The standard InChI is InChI=1S/C22H19N3O2/c26-21-13-12-20(24-25-21)16-8-10-17(11-9-16)22(27)23-14-18-6-3-5-15-4-1-2-7-19(15)18/h1-11H,12-14H2,(H,23,27)(H,25,26). The summed E-state index contributed by atoms with van der Waals surface area (Å²) in [5, 5.41) is 9.37. The minimum Gasteiger partial charge on any atom is -0.348 e. The number of amides is 2. The SMILES string of the molecule is O=C1CCC(c2ccc(C(=O)NCc3cccc4ccccc34)cc2)=NN1. The highest BCUT2D eigenvalue weighted by Crippen LogP contribution is 2.18. The first kappa shape index (κ1) is 17.0. The lowest BCUT2D eigenvalue weighted by atomic mass is 10.0. The van der Waals surface area contributed by atoms with Crippen molar-refractivity contribution in [1.29, 1.82) is 0 Å². The van der Waals surface area contributed by atoms with Crippen LogP contribution in [0.25, 0.3) is 10.8 Å². The third-order valence-electron chi connectivity index (χ3n) is 4.70. The molecule has 0 bridgehead atoms. The van der Waals surface area contributed by atoms with E-state index in [1.807, 2.05) is 36.4 Å². The maximum Gasteiger partial charge on any atom is 0.251 e. The van der Waals surface area contributed by atoms with Crippen LogP contribution < -0.4 is 10.7 Å². The lowest BCUT2D eigenvalue weighted by Crippen LogP contribution is -2.26. The van der Waals surface area contributed by atoms with Crippen LogP contribution in [-0.2, 0) is 11.3 Å². The Morgan fingerprint density at radius 2 is 1.74 bits per heavy atom. The van der Waals surface area contributed by atoms with E-state index in [4.69, 9.17) is 0 Å². The topological polar surface area (TPSA) is 70.6 Å². The average molecular weight is 357 g/mol. The molecule has 27 heavy (non-hydrogen) atoms. The van der Waals surface area contributed by atoms with Crippen molar-refractivity contribution in [2.24, 2.45) is 5.10 Å². The summed E-state index contributed by atoms with van der Waals surface area (Å²) in [6.45, 7) is 0.473. The van der Waals surface area contributed by atoms with Gasteiger partial charge in [-0.2, -0.15) is 5.10 Å². The largest absolute Gasteiger partial charge is 0.348 e. The van der Waals surface area contributed by atoms with Crippen molar-refractivity contribution < 1.29 is 9.59 Å². The Kier molecular flexibility index (Phi) is 4.66. The Bertz CT molecular complexity index is 1030. The van der Waals surface area contributed by atoms with Gasteiger partial charge in [-0.1, -0.05) is 54.6 Å². The van der Waals surface area contributed by atoms with Crippen LogP contribution in [0.2, 0.25) is 0 Å². The molecule has 1 aliphatic heterocycles. The number of fused-ring (bicyclic) bond motifs is 1. The maximum atomic E-state index is 12.5. The summed E-state index contributed by atoms with van der Waals surface area (Å²) in [6.07, 6.45) is 1.05. The minimum atomic E-state index is -0.117. The molecule has 3 aromatic rings. The lowest BCUT2D eigenvalue weighted by molar-refractivity contribution is -0.121. The van der Waals surface area contributed by atoms with Gasteiger partial charge in [-0.15, -0.1) is 0 Å². The molecule has 1 aliphatic rings. The molecule has 0 saturated heterocycles. The monoisotopic (exact) mass is 357 g/mol. The summed E-state index contributed by atoms with van der Waals surface area (Å²) < 4.78 is 0. The smallest absolute Gasteiger partial charge is 0.251 e. The summed E-state index contributed by atoms with van der Waals surface area (Å²) in [5.74, 6) is -0.184. The van der Waals surface area contributed by atoms with Gasteiger partial charge >= 0.3 is 0 Å². The Morgan fingerprint density at radius 1 is 0.963 bits per heavy atom. The fourth-order valence-corrected chi connectivity index (χ4v) is 3.22. The normalized spacial score (nSPS) is 13.8. The first-order valence-corrected chi connectivity index (χ1v) is 8.91. The molecule has 2 amide bonds. The second kappa shape index (κ2) is 7.41. The predicted octanol–water partition coefficient (Wildman–Crippen LogP) is 3.38. The van der Waals surface area contributed by atoms with Crippen molar-refractivity contribution in [3.63, 3.8) is 0 Å². The third-order valence-corrected chi connectivity index (χ3v) is 4.70. The van der Waals surface area contributed by atoms with Crippen molar-refractivity contribution in [3.8, 4) is 0 Å². The Balaban J connectivity index is 1.45. The van der Waals surface area contributed by atoms with Gasteiger partial charge in [0.05, 0.1) is 5.71 Å². The van der Waals surface area contributed by atoms with Crippen molar-refractivity contribution in [3.05, 3.63) is 83.4 Å². The Morgan fingerprint density at radius 3 is 2.52 bits per heavy atom. The third kappa shape index (κ3) is 3.72. The van der Waals surface area contributed by atoms with Gasteiger partial charge in [-0.25, -0.2) is 5.43 Å². The van der Waals surface area contributed by atoms with E-state index in [0.717, 1.165) is 27.6 Å². The van der Waals surface area contributed by atoms with E-state index in [0.29, 0.717) is 24.9 Å². The first-order valence-electron chi connectivity index (χ1n) is 8.91. The summed E-state index contributed by atoms with van der Waals surface area (Å²) in [6, 6.07) is 21.5. The molecule has 0 radical (unpaired) electrons. The fourth-order valence-electron chi connectivity index (χ4n) is 3.22. The average Bonchev–Trinajstić information content (AvgIpc) is 2.72. The fraction of sp³-hybridized carbons (Fsp3) is 0.136. The summed E-state index contributed by atoms with van der Waals surface area (Å²) in [4.78, 5) is 23.7. The molecule has 0 aliphatic carbocycles. The van der Waals surface area contributed by atoms with Crippen LogP contribution in [0, 0.1) is 0 Å². The molecule has 0 saturated carbocycles. The molecule has 0 spiro atoms. The number of carbonyl (C=O) groups excluding carboxylic acids is 2. The number of hydrazone groups is 1. The van der Waals surface area contributed by atoms with Crippen molar-refractivity contribution in [1.82, 2.24) is 10.7 Å². The first-order chi connectivity index (χ1) is 13.2. The van der Waals surface area contributed by atoms with Crippen LogP contribution in [0.4, 0.5) is 0 Å². The van der Waals surface area contributed by atoms with Gasteiger partial charge in [0.25, 0.3) is 5.91 Å². The number of hydrogen-bond donors (Lipinski definition) is 2. The zero-order valence-electron chi connectivity index (χ0n) is 14.7. The molecular formula is C22H19N3O2. The molecule has 0 aromatic heterocycles. The van der Waals surface area contributed by atoms with Gasteiger partial charge in [-0.05, 0) is 34.0 Å². The second-order valence-electron chi connectivity index (χ2n) is 6.49. The lowest BCUT2D eigenvalue weighted by Gasteiger charge is -2.12. The van der Waals surface area contributed by atoms with E-state index >= 15 is 0 Å². The van der Waals surface area contributed by atoms with Crippen LogP contribution >= 0.6 is 0 Å². The Labute approximate surface area is 157 Å². The molecule has 1 heterocycles. The predicted molar refractivity (Wildman–Crippen MR) is 105 cm³/mol. The molecule has 4 rings (SSSR count). The number of carbonyl (C=O) groups is 2. The van der Waals surface area contributed by atoms with Crippen molar-refractivity contribution >= 4 is 28.3 Å². The van der Waals surface area contributed by atoms with Crippen molar-refractivity contribution in [2.75, 3.05) is 0 Å². The molecule has 3 aromatic carbocycles. The summed E-state index contributed by atoms with van der Waals surface area (Å²) in [5.41, 5.74) is 5.92. The molecule has 134 valence electrons. The van der Waals surface area contributed by atoms with Gasteiger partial charge in [0.1, 0.15) is 0 Å². The van der Waals surface area contributed by atoms with Gasteiger partial charge in [0.2, 0.25) is 5.91 Å². The number of nitrogens with zero attached hydrogens (tertiary/aromatic N) is 1. The minimum absolute atomic E-state index is 0.0665. The summed E-state index contributed by atoms with van der Waals surface area (Å²) in [7, 11) is 0. The van der Waals surface area contributed by atoms with E-state index in [9.17, 15) is 9.59 Å². The summed E-state index contributed by atoms with van der Waals surface area (Å²) >= 11 is 0. The van der Waals surface area contributed by atoms with Gasteiger partial charge in [0, 0.05) is 24.9 Å². The van der Waals surface area contributed by atoms with Crippen LogP contribution in [0.15, 0.2) is 71.8 Å². The van der Waals surface area contributed by atoms with E-state index in [1.165, 1.54) is 0 Å². The number of rotatable bonds is 4. The highest BCUT2D eigenvalue weighted by molar-refractivity contribution is 6.05. The maximum absolute atomic E-state index is 12.5. The molecule has 0 atom stereocenters. The zero-order chi connectivity index (χ0) is 18.6. The van der Waals surface area contributed by atoms with E-state index < -0.39 is 0 Å². The van der Waals surface area contributed by atoms with Gasteiger partial charge in [-0.3, -0.25) is 9.59 Å². The zero-order valence-corrected chi connectivity index (χ0v) is 14.7. The van der Waals surface area contributed by atoms with Crippen molar-refractivity contribution in [2.45, 2.75) is 19.4 Å².